The van der Waals surface area contributed by atoms with Crippen LogP contribution in [0.2, 0.25) is 0 Å². The quantitative estimate of drug-likeness (QED) is 0.307. The number of nitrogens with zero attached hydrogens (tertiary/aromatic N) is 4. The molecule has 3 fully saturated rings. The Hall–Kier alpha value is -0.120. The van der Waals surface area contributed by atoms with Crippen LogP contribution in [-0.2, 0) is 0 Å². The van der Waals surface area contributed by atoms with Gasteiger partial charge in [0, 0.05) is 25.2 Å². The van der Waals surface area contributed by atoms with Crippen molar-refractivity contribution in [2.45, 2.75) is 63.8 Å². The maximum absolute atomic E-state index is 5.11. The van der Waals surface area contributed by atoms with Crippen LogP contribution in [0.4, 0.5) is 0 Å². The minimum absolute atomic E-state index is 0. The molecule has 7 heteroatoms. The molecule has 3 heterocycles. The van der Waals surface area contributed by atoms with Gasteiger partial charge in [0.2, 0.25) is 0 Å². The molecule has 3 rings (SSSR count). The van der Waals surface area contributed by atoms with E-state index in [1.54, 1.807) is 0 Å². The third-order valence-corrected chi connectivity index (χ3v) is 6.99. The highest BCUT2D eigenvalue weighted by Crippen LogP contribution is 2.31. The van der Waals surface area contributed by atoms with Gasteiger partial charge in [-0.15, -0.1) is 24.0 Å². The Kier molecular flexibility index (Phi) is 11.6. The lowest BCUT2D eigenvalue weighted by molar-refractivity contribution is 0.0208. The van der Waals surface area contributed by atoms with Crippen LogP contribution in [0, 0.1) is 0 Å². The summed E-state index contributed by atoms with van der Waals surface area (Å²) in [5, 5.41) is 7.09. The summed E-state index contributed by atoms with van der Waals surface area (Å²) in [4.78, 5) is 13.0. The van der Waals surface area contributed by atoms with Crippen LogP contribution in [0.5, 0.6) is 0 Å². The summed E-state index contributed by atoms with van der Waals surface area (Å²) in [6.07, 6.45) is 10.7. The van der Waals surface area contributed by atoms with E-state index in [4.69, 9.17) is 4.99 Å². The van der Waals surface area contributed by atoms with E-state index in [-0.39, 0.29) is 29.5 Å². The zero-order valence-electron chi connectivity index (χ0n) is 18.9. The van der Waals surface area contributed by atoms with Crippen LogP contribution >= 0.6 is 24.0 Å². The van der Waals surface area contributed by atoms with Gasteiger partial charge >= 0.3 is 0 Å². The summed E-state index contributed by atoms with van der Waals surface area (Å²) >= 11 is 0. The third kappa shape index (κ3) is 7.82. The molecule has 2 N–H and O–H groups in total. The number of likely N-dealkylation sites (tertiary alicyclic amines) is 3. The molecule has 3 aliphatic heterocycles. The lowest BCUT2D eigenvalue weighted by atomic mass is 9.84. The lowest BCUT2D eigenvalue weighted by Gasteiger charge is -2.49. The van der Waals surface area contributed by atoms with E-state index in [1.165, 1.54) is 90.6 Å². The fourth-order valence-electron chi connectivity index (χ4n) is 5.06. The first kappa shape index (κ1) is 25.1. The first-order valence-corrected chi connectivity index (χ1v) is 11.9. The largest absolute Gasteiger partial charge is 0.357 e. The first-order valence-electron chi connectivity index (χ1n) is 11.9. The molecule has 0 spiro atoms. The summed E-state index contributed by atoms with van der Waals surface area (Å²) in [5.41, 5.74) is 0.266. The minimum Gasteiger partial charge on any atom is -0.357 e. The molecule has 0 aromatic rings. The Bertz CT molecular complexity index is 466. The Morgan fingerprint density at radius 1 is 0.862 bits per heavy atom. The monoisotopic (exact) mass is 520 g/mol. The summed E-state index contributed by atoms with van der Waals surface area (Å²) in [7, 11) is 2.26. The molecule has 170 valence electrons. The zero-order valence-corrected chi connectivity index (χ0v) is 21.3. The molecule has 0 atom stereocenters. The second-order valence-corrected chi connectivity index (χ2v) is 9.10. The van der Waals surface area contributed by atoms with Gasteiger partial charge < -0.3 is 20.4 Å². The predicted molar refractivity (Wildman–Crippen MR) is 135 cm³/mol. The van der Waals surface area contributed by atoms with Crippen LogP contribution in [0.25, 0.3) is 0 Å². The van der Waals surface area contributed by atoms with Crippen LogP contribution in [-0.4, -0.2) is 98.7 Å². The van der Waals surface area contributed by atoms with E-state index in [2.05, 4.69) is 39.3 Å². The van der Waals surface area contributed by atoms with Crippen LogP contribution in [0.3, 0.4) is 0 Å². The van der Waals surface area contributed by atoms with Crippen molar-refractivity contribution >= 4 is 29.9 Å². The number of piperidine rings is 3. The Morgan fingerprint density at radius 3 is 2.10 bits per heavy atom. The van der Waals surface area contributed by atoms with Crippen molar-refractivity contribution < 1.29 is 0 Å². The zero-order chi connectivity index (χ0) is 19.7. The minimum atomic E-state index is 0. The highest BCUT2D eigenvalue weighted by atomic mass is 127. The molecule has 6 nitrogen and oxygen atoms in total. The number of guanidine groups is 1. The summed E-state index contributed by atoms with van der Waals surface area (Å²) in [6, 6.07) is 0. The highest BCUT2D eigenvalue weighted by molar-refractivity contribution is 14.0. The molecule has 0 aromatic carbocycles. The summed E-state index contributed by atoms with van der Waals surface area (Å²) < 4.78 is 0. The van der Waals surface area contributed by atoms with Gasteiger partial charge in [0.25, 0.3) is 0 Å². The maximum Gasteiger partial charge on any atom is 0.191 e. The van der Waals surface area contributed by atoms with E-state index >= 15 is 0 Å². The number of halogens is 1. The standard InChI is InChI=1S/C22H44N6.HI/c1-3-23-21(24-12-19-27-13-6-4-7-14-27)25-20-22(10-17-26(2)18-11-22)28-15-8-5-9-16-28;/h3-20H2,1-2H3,(H2,23,24,25);1H. The van der Waals surface area contributed by atoms with Crippen LogP contribution in [0.15, 0.2) is 4.99 Å². The number of aliphatic imine (C=N–C) groups is 1. The Labute approximate surface area is 196 Å². The van der Waals surface area contributed by atoms with Crippen molar-refractivity contribution in [2.24, 2.45) is 4.99 Å². The molecule has 0 saturated carbocycles. The second kappa shape index (κ2) is 13.3. The average molecular weight is 521 g/mol. The molecule has 29 heavy (non-hydrogen) atoms. The van der Waals surface area contributed by atoms with Gasteiger partial charge in [0.05, 0.1) is 6.54 Å². The molecular formula is C22H45IN6. The molecule has 0 radical (unpaired) electrons. The SMILES string of the molecule is CCNC(=NCC1(N2CCCCC2)CCN(C)CC1)NCCN1CCCCC1.I. The lowest BCUT2D eigenvalue weighted by Crippen LogP contribution is -2.58. The van der Waals surface area contributed by atoms with Crippen molar-refractivity contribution in [1.29, 1.82) is 0 Å². The van der Waals surface area contributed by atoms with E-state index in [1.807, 2.05) is 0 Å². The molecule has 0 bridgehead atoms. The Morgan fingerprint density at radius 2 is 1.48 bits per heavy atom. The molecule has 0 unspecified atom stereocenters. The maximum atomic E-state index is 5.11. The fraction of sp³-hybridized carbons (Fsp3) is 0.955. The smallest absolute Gasteiger partial charge is 0.191 e. The van der Waals surface area contributed by atoms with E-state index in [9.17, 15) is 0 Å². The molecule has 0 aromatic heterocycles. The van der Waals surface area contributed by atoms with Gasteiger partial charge in [-0.25, -0.2) is 0 Å². The van der Waals surface area contributed by atoms with Gasteiger partial charge in [-0.2, -0.15) is 0 Å². The van der Waals surface area contributed by atoms with E-state index < -0.39 is 0 Å². The van der Waals surface area contributed by atoms with Crippen molar-refractivity contribution in [3.8, 4) is 0 Å². The van der Waals surface area contributed by atoms with Crippen molar-refractivity contribution in [3.63, 3.8) is 0 Å². The van der Waals surface area contributed by atoms with Gasteiger partial charge in [-0.1, -0.05) is 12.8 Å². The molecular weight excluding hydrogens is 475 g/mol. The van der Waals surface area contributed by atoms with Crippen molar-refractivity contribution in [3.05, 3.63) is 0 Å². The van der Waals surface area contributed by atoms with E-state index in [0.29, 0.717) is 0 Å². The first-order chi connectivity index (χ1) is 13.7. The summed E-state index contributed by atoms with van der Waals surface area (Å²) in [6.45, 7) is 13.6. The van der Waals surface area contributed by atoms with Gasteiger partial charge in [-0.3, -0.25) is 9.89 Å². The second-order valence-electron chi connectivity index (χ2n) is 9.10. The highest BCUT2D eigenvalue weighted by Gasteiger charge is 2.39. The van der Waals surface area contributed by atoms with Crippen LogP contribution in [0.1, 0.15) is 58.3 Å². The van der Waals surface area contributed by atoms with Gasteiger partial charge in [0.15, 0.2) is 5.96 Å². The topological polar surface area (TPSA) is 46.1 Å². The van der Waals surface area contributed by atoms with Crippen molar-refractivity contribution in [2.75, 3.05) is 72.5 Å². The molecule has 3 aliphatic rings. The molecule has 0 amide bonds. The van der Waals surface area contributed by atoms with Gasteiger partial charge in [-0.05, 0) is 91.8 Å². The Balaban J connectivity index is 0.00000300. The number of nitrogens with one attached hydrogen (secondary N) is 2. The number of hydrogen-bond donors (Lipinski definition) is 2. The predicted octanol–water partition coefficient (Wildman–Crippen LogP) is 2.60. The normalized spacial score (nSPS) is 24.7. The van der Waals surface area contributed by atoms with Crippen LogP contribution < -0.4 is 10.6 Å². The number of hydrogen-bond acceptors (Lipinski definition) is 4. The number of rotatable bonds is 7. The fourth-order valence-corrected chi connectivity index (χ4v) is 5.06. The molecule has 0 aliphatic carbocycles. The van der Waals surface area contributed by atoms with Crippen molar-refractivity contribution in [1.82, 2.24) is 25.3 Å². The van der Waals surface area contributed by atoms with Gasteiger partial charge in [0.1, 0.15) is 0 Å². The molecule has 3 saturated heterocycles. The van der Waals surface area contributed by atoms with E-state index in [0.717, 1.165) is 32.1 Å². The average Bonchev–Trinajstić information content (AvgIpc) is 2.75. The third-order valence-electron chi connectivity index (χ3n) is 6.99. The summed E-state index contributed by atoms with van der Waals surface area (Å²) in [5.74, 6) is 1.01.